The van der Waals surface area contributed by atoms with Crippen molar-refractivity contribution in [2.75, 3.05) is 25.5 Å². The summed E-state index contributed by atoms with van der Waals surface area (Å²) in [5, 5.41) is 3.09. The quantitative estimate of drug-likeness (QED) is 0.316. The monoisotopic (exact) mass is 544 g/mol. The molecule has 0 amide bonds. The molecule has 1 aliphatic rings. The highest BCUT2D eigenvalue weighted by atomic mass is 127. The highest BCUT2D eigenvalue weighted by molar-refractivity contribution is 14.0. The van der Waals surface area contributed by atoms with Crippen LogP contribution in [0.1, 0.15) is 30.4 Å². The molecule has 7 nitrogen and oxygen atoms in total. The number of rotatable bonds is 7. The topological polar surface area (TPSA) is 97.0 Å². The highest BCUT2D eigenvalue weighted by Crippen LogP contribution is 2.21. The van der Waals surface area contributed by atoms with E-state index in [0.717, 1.165) is 36.1 Å². The van der Waals surface area contributed by atoms with Gasteiger partial charge < -0.3 is 15.8 Å². The lowest BCUT2D eigenvalue weighted by atomic mass is 10.2. The third kappa shape index (κ3) is 6.40. The molecule has 0 saturated carbocycles. The van der Waals surface area contributed by atoms with Crippen molar-refractivity contribution in [1.29, 1.82) is 0 Å². The van der Waals surface area contributed by atoms with Crippen molar-refractivity contribution >= 4 is 45.6 Å². The number of nitrogens with one attached hydrogen (secondary N) is 1. The van der Waals surface area contributed by atoms with Crippen molar-refractivity contribution in [3.8, 4) is 0 Å². The molecule has 0 atom stereocenters. The zero-order chi connectivity index (χ0) is 20.7. The van der Waals surface area contributed by atoms with E-state index >= 15 is 0 Å². The number of aliphatic imine (C=N–C) groups is 1. The third-order valence-corrected chi connectivity index (χ3v) is 6.80. The molecule has 0 unspecified atom stereocenters. The van der Waals surface area contributed by atoms with Crippen LogP contribution in [0.5, 0.6) is 0 Å². The first kappa shape index (κ1) is 24.6. The lowest BCUT2D eigenvalue weighted by Crippen LogP contribution is -2.35. The second-order valence-corrected chi connectivity index (χ2v) is 8.96. The van der Waals surface area contributed by atoms with Crippen LogP contribution in [0.25, 0.3) is 0 Å². The van der Waals surface area contributed by atoms with Gasteiger partial charge in [-0.05, 0) is 36.6 Å². The van der Waals surface area contributed by atoms with E-state index in [0.29, 0.717) is 37.1 Å². The van der Waals surface area contributed by atoms with Gasteiger partial charge in [-0.15, -0.1) is 24.0 Å². The number of hydrogen-bond acceptors (Lipinski definition) is 4. The molecule has 0 radical (unpaired) electrons. The Morgan fingerprint density at radius 2 is 1.77 bits per heavy atom. The van der Waals surface area contributed by atoms with Crippen LogP contribution >= 0.6 is 24.0 Å². The van der Waals surface area contributed by atoms with Crippen LogP contribution in [0.4, 0.5) is 5.69 Å². The molecule has 2 aromatic rings. The summed E-state index contributed by atoms with van der Waals surface area (Å²) in [7, 11) is -1.77. The first-order valence-electron chi connectivity index (χ1n) is 9.73. The largest absolute Gasteiger partial charge is 0.380 e. The summed E-state index contributed by atoms with van der Waals surface area (Å²) in [6.45, 7) is 2.03. The number of sulfonamides is 1. The van der Waals surface area contributed by atoms with Gasteiger partial charge in [0.25, 0.3) is 0 Å². The standard InChI is InChI=1S/C21H28N4O3S.HI/c1-28-16-18-7-3-4-8-20(18)24-21(22)23-15-17-9-11-19(12-10-17)29(26,27)25-13-5-2-6-14-25;/h3-4,7-12H,2,5-6,13-16H2,1H3,(H3,22,23,24);1H. The summed E-state index contributed by atoms with van der Waals surface area (Å²) in [6, 6.07) is 14.6. The van der Waals surface area contributed by atoms with E-state index in [1.807, 2.05) is 24.3 Å². The van der Waals surface area contributed by atoms with Crippen molar-refractivity contribution in [2.24, 2.45) is 10.7 Å². The van der Waals surface area contributed by atoms with E-state index in [-0.39, 0.29) is 24.0 Å². The minimum absolute atomic E-state index is 0. The van der Waals surface area contributed by atoms with E-state index in [4.69, 9.17) is 10.5 Å². The number of anilines is 1. The van der Waals surface area contributed by atoms with Gasteiger partial charge in [-0.2, -0.15) is 4.31 Å². The van der Waals surface area contributed by atoms with E-state index in [1.54, 1.807) is 35.7 Å². The Kier molecular flexibility index (Phi) is 9.53. The molecule has 0 spiro atoms. The molecule has 1 heterocycles. The fourth-order valence-electron chi connectivity index (χ4n) is 3.30. The number of piperidine rings is 1. The third-order valence-electron chi connectivity index (χ3n) is 4.89. The predicted octanol–water partition coefficient (Wildman–Crippen LogP) is 3.55. The van der Waals surface area contributed by atoms with Gasteiger partial charge in [0.15, 0.2) is 5.96 Å². The zero-order valence-corrected chi connectivity index (χ0v) is 20.2. The molecule has 1 saturated heterocycles. The SMILES string of the molecule is COCc1ccccc1NC(N)=NCc1ccc(S(=O)(=O)N2CCCCC2)cc1.I. The number of methoxy groups -OCH3 is 1. The maximum atomic E-state index is 12.7. The van der Waals surface area contributed by atoms with Gasteiger partial charge in [0, 0.05) is 31.5 Å². The number of benzene rings is 2. The number of para-hydroxylation sites is 1. The smallest absolute Gasteiger partial charge is 0.243 e. The van der Waals surface area contributed by atoms with E-state index in [1.165, 1.54) is 0 Å². The zero-order valence-electron chi connectivity index (χ0n) is 17.1. The van der Waals surface area contributed by atoms with Crippen LogP contribution in [0, 0.1) is 0 Å². The van der Waals surface area contributed by atoms with Gasteiger partial charge in [0.05, 0.1) is 18.0 Å². The van der Waals surface area contributed by atoms with Crippen molar-refractivity contribution in [1.82, 2.24) is 4.31 Å². The molecular formula is C21H29IN4O3S. The van der Waals surface area contributed by atoms with Gasteiger partial charge in [0.1, 0.15) is 0 Å². The molecule has 164 valence electrons. The molecule has 0 aromatic heterocycles. The lowest BCUT2D eigenvalue weighted by molar-refractivity contribution is 0.185. The van der Waals surface area contributed by atoms with Crippen LogP contribution in [0.15, 0.2) is 58.4 Å². The van der Waals surface area contributed by atoms with Crippen LogP contribution in [0.3, 0.4) is 0 Å². The maximum Gasteiger partial charge on any atom is 0.243 e. The van der Waals surface area contributed by atoms with Crippen molar-refractivity contribution < 1.29 is 13.2 Å². The van der Waals surface area contributed by atoms with Gasteiger partial charge in [-0.3, -0.25) is 0 Å². The predicted molar refractivity (Wildman–Crippen MR) is 131 cm³/mol. The van der Waals surface area contributed by atoms with Gasteiger partial charge in [-0.25, -0.2) is 13.4 Å². The number of nitrogens with zero attached hydrogens (tertiary/aromatic N) is 2. The summed E-state index contributed by atoms with van der Waals surface area (Å²) in [5.74, 6) is 0.290. The van der Waals surface area contributed by atoms with Crippen LogP contribution in [0.2, 0.25) is 0 Å². The molecule has 3 rings (SSSR count). The number of guanidine groups is 1. The lowest BCUT2D eigenvalue weighted by Gasteiger charge is -2.25. The second kappa shape index (κ2) is 11.6. The Bertz CT molecular complexity index is 943. The fraction of sp³-hybridized carbons (Fsp3) is 0.381. The van der Waals surface area contributed by atoms with Crippen molar-refractivity contribution in [3.05, 3.63) is 59.7 Å². The highest BCUT2D eigenvalue weighted by Gasteiger charge is 2.25. The normalized spacial score (nSPS) is 15.4. The Labute approximate surface area is 195 Å². The number of halogens is 1. The molecule has 30 heavy (non-hydrogen) atoms. The van der Waals surface area contributed by atoms with E-state index < -0.39 is 10.0 Å². The summed E-state index contributed by atoms with van der Waals surface area (Å²) < 4.78 is 32.2. The van der Waals surface area contributed by atoms with Crippen LogP contribution in [-0.4, -0.2) is 38.9 Å². The van der Waals surface area contributed by atoms with E-state index in [2.05, 4.69) is 10.3 Å². The molecule has 0 aliphatic carbocycles. The summed E-state index contributed by atoms with van der Waals surface area (Å²) >= 11 is 0. The molecular weight excluding hydrogens is 515 g/mol. The Balaban J connectivity index is 0.00000320. The van der Waals surface area contributed by atoms with Gasteiger partial charge >= 0.3 is 0 Å². The summed E-state index contributed by atoms with van der Waals surface area (Å²) in [5.41, 5.74) is 8.73. The molecule has 1 aliphatic heterocycles. The minimum Gasteiger partial charge on any atom is -0.380 e. The van der Waals surface area contributed by atoms with Gasteiger partial charge in [-0.1, -0.05) is 36.8 Å². The Morgan fingerprint density at radius 3 is 2.43 bits per heavy atom. The molecule has 0 bridgehead atoms. The fourth-order valence-corrected chi connectivity index (χ4v) is 4.82. The second-order valence-electron chi connectivity index (χ2n) is 7.03. The Hall–Kier alpha value is -1.69. The average Bonchev–Trinajstić information content (AvgIpc) is 2.75. The average molecular weight is 544 g/mol. The van der Waals surface area contributed by atoms with Crippen molar-refractivity contribution in [3.63, 3.8) is 0 Å². The maximum absolute atomic E-state index is 12.7. The molecule has 1 fully saturated rings. The minimum atomic E-state index is -3.41. The van der Waals surface area contributed by atoms with Crippen LogP contribution < -0.4 is 11.1 Å². The first-order chi connectivity index (χ1) is 14.0. The van der Waals surface area contributed by atoms with Crippen molar-refractivity contribution in [2.45, 2.75) is 37.3 Å². The Morgan fingerprint density at radius 1 is 1.10 bits per heavy atom. The molecule has 3 N–H and O–H groups in total. The number of ether oxygens (including phenoxy) is 1. The molecule has 9 heteroatoms. The van der Waals surface area contributed by atoms with E-state index in [9.17, 15) is 8.42 Å². The van der Waals surface area contributed by atoms with Crippen LogP contribution in [-0.2, 0) is 27.9 Å². The van der Waals surface area contributed by atoms with Gasteiger partial charge in [0.2, 0.25) is 10.0 Å². The molecule has 2 aromatic carbocycles. The number of nitrogens with two attached hydrogens (primary N) is 1. The summed E-state index contributed by atoms with van der Waals surface area (Å²) in [4.78, 5) is 4.68. The number of hydrogen-bond donors (Lipinski definition) is 2. The first-order valence-corrected chi connectivity index (χ1v) is 11.2. The summed E-state index contributed by atoms with van der Waals surface area (Å²) in [6.07, 6.45) is 2.94.